The molecule has 0 radical (unpaired) electrons. The van der Waals surface area contributed by atoms with E-state index in [1.54, 1.807) is 18.2 Å². The maximum absolute atomic E-state index is 13.7. The van der Waals surface area contributed by atoms with Crippen molar-refractivity contribution in [2.75, 3.05) is 26.2 Å². The quantitative estimate of drug-likeness (QED) is 0.429. The molecule has 0 aromatic heterocycles. The SMILES string of the molecule is O=C(O)C(=O)O.O=[N+]([O-])c1cccc(CN2CCN(Cc3ccccc3F)CC2)c1. The molecule has 0 saturated carbocycles. The van der Waals surface area contributed by atoms with Crippen LogP contribution in [-0.2, 0) is 22.7 Å². The Bertz CT molecular complexity index is 888. The molecule has 0 spiro atoms. The highest BCUT2D eigenvalue weighted by molar-refractivity contribution is 6.27. The molecule has 0 amide bonds. The third kappa shape index (κ3) is 7.22. The molecule has 1 saturated heterocycles. The third-order valence-electron chi connectivity index (χ3n) is 4.53. The molecule has 1 aliphatic heterocycles. The van der Waals surface area contributed by atoms with Crippen LogP contribution >= 0.6 is 0 Å². The van der Waals surface area contributed by atoms with Crippen molar-refractivity contribution in [3.63, 3.8) is 0 Å². The van der Waals surface area contributed by atoms with Crippen LogP contribution in [0.2, 0.25) is 0 Å². The normalized spacial score (nSPS) is 14.4. The van der Waals surface area contributed by atoms with E-state index in [1.807, 2.05) is 18.2 Å². The van der Waals surface area contributed by atoms with Gasteiger partial charge in [0, 0.05) is 57.0 Å². The number of nitrogens with zero attached hydrogens (tertiary/aromatic N) is 3. The lowest BCUT2D eigenvalue weighted by Crippen LogP contribution is -2.45. The second-order valence-electron chi connectivity index (χ2n) is 6.68. The molecular formula is C20H22FN3O6. The average Bonchev–Trinajstić information content (AvgIpc) is 2.72. The zero-order valence-electron chi connectivity index (χ0n) is 16.1. The summed E-state index contributed by atoms with van der Waals surface area (Å²) in [6.07, 6.45) is 0. The lowest BCUT2D eigenvalue weighted by atomic mass is 10.1. The van der Waals surface area contributed by atoms with Gasteiger partial charge in [-0.15, -0.1) is 0 Å². The van der Waals surface area contributed by atoms with Crippen molar-refractivity contribution in [2.45, 2.75) is 13.1 Å². The zero-order chi connectivity index (χ0) is 22.1. The molecule has 0 atom stereocenters. The predicted molar refractivity (Wildman–Crippen MR) is 105 cm³/mol. The van der Waals surface area contributed by atoms with Gasteiger partial charge >= 0.3 is 11.9 Å². The number of carboxylic acid groups (broad SMARTS) is 2. The summed E-state index contributed by atoms with van der Waals surface area (Å²) >= 11 is 0. The fraction of sp³-hybridized carbons (Fsp3) is 0.300. The van der Waals surface area contributed by atoms with Gasteiger partial charge in [-0.3, -0.25) is 19.9 Å². The molecule has 160 valence electrons. The van der Waals surface area contributed by atoms with E-state index in [0.29, 0.717) is 13.1 Å². The number of halogens is 1. The average molecular weight is 419 g/mol. The third-order valence-corrected chi connectivity index (χ3v) is 4.53. The van der Waals surface area contributed by atoms with E-state index < -0.39 is 11.9 Å². The Morgan fingerprint density at radius 3 is 2.03 bits per heavy atom. The van der Waals surface area contributed by atoms with Crippen LogP contribution < -0.4 is 0 Å². The molecule has 0 bridgehead atoms. The van der Waals surface area contributed by atoms with Gasteiger partial charge in [-0.05, 0) is 11.6 Å². The fourth-order valence-corrected chi connectivity index (χ4v) is 3.00. The van der Waals surface area contributed by atoms with Gasteiger partial charge in [0.1, 0.15) is 5.82 Å². The van der Waals surface area contributed by atoms with Gasteiger partial charge in [-0.2, -0.15) is 0 Å². The lowest BCUT2D eigenvalue weighted by Gasteiger charge is -2.34. The summed E-state index contributed by atoms with van der Waals surface area (Å²) in [5.41, 5.74) is 1.81. The molecule has 1 fully saturated rings. The summed E-state index contributed by atoms with van der Waals surface area (Å²) < 4.78 is 13.7. The van der Waals surface area contributed by atoms with Gasteiger partial charge in [0.25, 0.3) is 5.69 Å². The Morgan fingerprint density at radius 1 is 0.933 bits per heavy atom. The van der Waals surface area contributed by atoms with E-state index >= 15 is 0 Å². The molecule has 0 aliphatic carbocycles. The number of benzene rings is 2. The molecule has 0 unspecified atom stereocenters. The number of hydrogen-bond acceptors (Lipinski definition) is 6. The molecule has 30 heavy (non-hydrogen) atoms. The molecule has 2 N–H and O–H groups in total. The van der Waals surface area contributed by atoms with Gasteiger partial charge in [0.05, 0.1) is 4.92 Å². The molecule has 9 nitrogen and oxygen atoms in total. The minimum atomic E-state index is -1.82. The van der Waals surface area contributed by atoms with Gasteiger partial charge in [0.2, 0.25) is 0 Å². The van der Waals surface area contributed by atoms with Crippen LogP contribution in [0.1, 0.15) is 11.1 Å². The number of rotatable bonds is 5. The smallest absolute Gasteiger partial charge is 0.414 e. The lowest BCUT2D eigenvalue weighted by molar-refractivity contribution is -0.384. The first-order valence-corrected chi connectivity index (χ1v) is 9.14. The molecule has 10 heteroatoms. The number of nitro benzene ring substituents is 1. The maximum Gasteiger partial charge on any atom is 0.414 e. The Labute approximate surface area is 172 Å². The summed E-state index contributed by atoms with van der Waals surface area (Å²) in [6.45, 7) is 4.80. The van der Waals surface area contributed by atoms with Crippen LogP contribution in [0.5, 0.6) is 0 Å². The number of non-ortho nitro benzene ring substituents is 1. The largest absolute Gasteiger partial charge is 0.473 e. The van der Waals surface area contributed by atoms with Crippen LogP contribution in [-0.4, -0.2) is 63.1 Å². The monoisotopic (exact) mass is 419 g/mol. The van der Waals surface area contributed by atoms with Gasteiger partial charge in [-0.1, -0.05) is 30.3 Å². The topological polar surface area (TPSA) is 124 Å². The van der Waals surface area contributed by atoms with Crippen molar-refractivity contribution in [2.24, 2.45) is 0 Å². The summed E-state index contributed by atoms with van der Waals surface area (Å²) in [4.78, 5) is 33.2. The fourth-order valence-electron chi connectivity index (χ4n) is 3.00. The standard InChI is InChI=1S/C18H20FN3O2.C2H2O4/c19-18-7-2-1-5-16(18)14-21-10-8-20(9-11-21)13-15-4-3-6-17(12-15)22(23)24;3-1(4)2(5)6/h1-7,12H,8-11,13-14H2;(H,3,4)(H,5,6). The van der Waals surface area contributed by atoms with Crippen molar-refractivity contribution in [1.29, 1.82) is 0 Å². The number of hydrogen-bond donors (Lipinski definition) is 2. The molecule has 2 aromatic rings. The van der Waals surface area contributed by atoms with E-state index in [-0.39, 0.29) is 16.4 Å². The van der Waals surface area contributed by atoms with Crippen LogP contribution in [0.15, 0.2) is 48.5 Å². The minimum absolute atomic E-state index is 0.130. The van der Waals surface area contributed by atoms with E-state index in [1.165, 1.54) is 12.1 Å². The predicted octanol–water partition coefficient (Wildman–Crippen LogP) is 2.21. The second-order valence-corrected chi connectivity index (χ2v) is 6.68. The number of nitro groups is 1. The number of carboxylic acids is 2. The number of carbonyl (C=O) groups is 2. The van der Waals surface area contributed by atoms with Crippen LogP contribution in [0.25, 0.3) is 0 Å². The number of piperazine rings is 1. The van der Waals surface area contributed by atoms with E-state index in [4.69, 9.17) is 19.8 Å². The minimum Gasteiger partial charge on any atom is -0.473 e. The van der Waals surface area contributed by atoms with Crippen molar-refractivity contribution in [1.82, 2.24) is 9.80 Å². The Hall–Kier alpha value is -3.37. The number of aliphatic carboxylic acids is 2. The second kappa shape index (κ2) is 11.0. The first-order chi connectivity index (χ1) is 14.3. The maximum atomic E-state index is 13.7. The van der Waals surface area contributed by atoms with Crippen molar-refractivity contribution in [3.8, 4) is 0 Å². The summed E-state index contributed by atoms with van der Waals surface area (Å²) in [6, 6.07) is 13.7. The first kappa shape index (κ1) is 22.9. The first-order valence-electron chi connectivity index (χ1n) is 9.14. The highest BCUT2D eigenvalue weighted by atomic mass is 19.1. The van der Waals surface area contributed by atoms with Crippen LogP contribution in [0.3, 0.4) is 0 Å². The van der Waals surface area contributed by atoms with Gasteiger partial charge < -0.3 is 10.2 Å². The molecule has 2 aromatic carbocycles. The zero-order valence-corrected chi connectivity index (χ0v) is 16.1. The van der Waals surface area contributed by atoms with Gasteiger partial charge in [-0.25, -0.2) is 14.0 Å². The molecule has 3 rings (SSSR count). The van der Waals surface area contributed by atoms with E-state index in [2.05, 4.69) is 9.80 Å². The van der Waals surface area contributed by atoms with Crippen molar-refractivity contribution < 1.29 is 29.1 Å². The van der Waals surface area contributed by atoms with Crippen LogP contribution in [0, 0.1) is 15.9 Å². The Morgan fingerprint density at radius 2 is 1.50 bits per heavy atom. The highest BCUT2D eigenvalue weighted by Crippen LogP contribution is 2.17. The summed E-state index contributed by atoms with van der Waals surface area (Å²) in [5, 5.41) is 25.6. The Balaban J connectivity index is 0.000000469. The Kier molecular flexibility index (Phi) is 8.39. The summed E-state index contributed by atoms with van der Waals surface area (Å²) in [5.74, 6) is -3.80. The molecule has 1 heterocycles. The van der Waals surface area contributed by atoms with Crippen molar-refractivity contribution >= 4 is 17.6 Å². The van der Waals surface area contributed by atoms with Gasteiger partial charge in [0.15, 0.2) is 0 Å². The summed E-state index contributed by atoms with van der Waals surface area (Å²) in [7, 11) is 0. The van der Waals surface area contributed by atoms with Crippen LogP contribution in [0.4, 0.5) is 10.1 Å². The highest BCUT2D eigenvalue weighted by Gasteiger charge is 2.18. The molecular weight excluding hydrogens is 397 g/mol. The van der Waals surface area contributed by atoms with E-state index in [0.717, 1.165) is 37.3 Å². The molecule has 1 aliphatic rings. The van der Waals surface area contributed by atoms with E-state index in [9.17, 15) is 14.5 Å². The van der Waals surface area contributed by atoms with Crippen molar-refractivity contribution in [3.05, 3.63) is 75.6 Å².